The maximum absolute atomic E-state index is 13.1. The number of carbonyl (C=O) groups is 2. The van der Waals surface area contributed by atoms with E-state index in [2.05, 4.69) is 17.4 Å². The Morgan fingerprint density at radius 3 is 2.28 bits per heavy atom. The van der Waals surface area contributed by atoms with Crippen molar-refractivity contribution in [1.29, 1.82) is 0 Å². The summed E-state index contributed by atoms with van der Waals surface area (Å²) in [7, 11) is 0. The summed E-state index contributed by atoms with van der Waals surface area (Å²) in [4.78, 5) is 27.2. The lowest BCUT2D eigenvalue weighted by Gasteiger charge is -2.36. The van der Waals surface area contributed by atoms with Crippen LogP contribution >= 0.6 is 0 Å². The molecule has 128 valence electrons. The van der Waals surface area contributed by atoms with Crippen molar-refractivity contribution in [2.45, 2.75) is 38.3 Å². The predicted molar refractivity (Wildman–Crippen MR) is 96.1 cm³/mol. The molecule has 1 unspecified atom stereocenters. The molecule has 1 aliphatic heterocycles. The summed E-state index contributed by atoms with van der Waals surface area (Å²) in [5.41, 5.74) is 4.53. The summed E-state index contributed by atoms with van der Waals surface area (Å²) in [5, 5.41) is 3.19. The first-order valence-corrected chi connectivity index (χ1v) is 8.91. The predicted octanol–water partition coefficient (Wildman–Crippen LogP) is 2.42. The average molecular weight is 334 g/mol. The van der Waals surface area contributed by atoms with Crippen LogP contribution in [0.4, 0.5) is 0 Å². The van der Waals surface area contributed by atoms with Gasteiger partial charge in [-0.1, -0.05) is 48.5 Å². The van der Waals surface area contributed by atoms with Crippen molar-refractivity contribution in [2.75, 3.05) is 6.54 Å². The highest BCUT2D eigenvalue weighted by atomic mass is 16.2. The van der Waals surface area contributed by atoms with E-state index in [4.69, 9.17) is 0 Å². The third-order valence-corrected chi connectivity index (χ3v) is 5.31. The van der Waals surface area contributed by atoms with Crippen LogP contribution in [0.15, 0.2) is 48.5 Å². The van der Waals surface area contributed by atoms with Crippen molar-refractivity contribution < 1.29 is 9.59 Å². The van der Waals surface area contributed by atoms with Gasteiger partial charge < -0.3 is 10.2 Å². The molecule has 0 fully saturated rings. The molecule has 0 bridgehead atoms. The van der Waals surface area contributed by atoms with E-state index in [0.717, 1.165) is 24.0 Å². The number of amides is 2. The van der Waals surface area contributed by atoms with Crippen molar-refractivity contribution in [3.63, 3.8) is 0 Å². The minimum absolute atomic E-state index is 0.0241. The standard InChI is InChI=1S/C21H22N2O2/c1-2-23-19(24)13-16-9-5-6-10-18(16)20(23)21(25)22-17-11-14-7-3-4-8-15(14)12-17/h3-10,17,20H,2,11-13H2,1H3,(H,22,25). The Bertz CT molecular complexity index is 805. The van der Waals surface area contributed by atoms with Crippen LogP contribution in [0, 0.1) is 0 Å². The summed E-state index contributed by atoms with van der Waals surface area (Å²) in [6, 6.07) is 15.7. The van der Waals surface area contributed by atoms with Gasteiger partial charge in [0.15, 0.2) is 0 Å². The SMILES string of the molecule is CCN1C(=O)Cc2ccccc2C1C(=O)NC1Cc2ccccc2C1. The summed E-state index contributed by atoms with van der Waals surface area (Å²) in [6.07, 6.45) is 2.09. The number of fused-ring (bicyclic) bond motifs is 2. The van der Waals surface area contributed by atoms with E-state index in [-0.39, 0.29) is 17.9 Å². The second-order valence-electron chi connectivity index (χ2n) is 6.84. The van der Waals surface area contributed by atoms with Crippen LogP contribution in [0.3, 0.4) is 0 Å². The number of carbonyl (C=O) groups excluding carboxylic acids is 2. The van der Waals surface area contributed by atoms with Gasteiger partial charge in [-0.15, -0.1) is 0 Å². The minimum Gasteiger partial charge on any atom is -0.351 e. The molecule has 4 nitrogen and oxygen atoms in total. The molecule has 4 heteroatoms. The zero-order valence-corrected chi connectivity index (χ0v) is 14.4. The van der Waals surface area contributed by atoms with Crippen LogP contribution < -0.4 is 5.32 Å². The highest BCUT2D eigenvalue weighted by Crippen LogP contribution is 2.31. The summed E-state index contributed by atoms with van der Waals surface area (Å²) in [5.74, 6) is -0.0452. The molecule has 2 amide bonds. The molecule has 0 saturated carbocycles. The molecule has 4 rings (SSSR count). The van der Waals surface area contributed by atoms with E-state index < -0.39 is 6.04 Å². The highest BCUT2D eigenvalue weighted by Gasteiger charge is 2.37. The first kappa shape index (κ1) is 15.9. The van der Waals surface area contributed by atoms with Gasteiger partial charge in [0.25, 0.3) is 0 Å². The Morgan fingerprint density at radius 2 is 1.64 bits per heavy atom. The van der Waals surface area contributed by atoms with Crippen molar-refractivity contribution in [3.05, 3.63) is 70.8 Å². The van der Waals surface area contributed by atoms with Crippen molar-refractivity contribution in [2.24, 2.45) is 0 Å². The van der Waals surface area contributed by atoms with E-state index in [1.54, 1.807) is 4.90 Å². The summed E-state index contributed by atoms with van der Waals surface area (Å²) >= 11 is 0. The molecule has 2 aliphatic rings. The van der Waals surface area contributed by atoms with Crippen molar-refractivity contribution >= 4 is 11.8 Å². The Labute approximate surface area is 147 Å². The molecule has 2 aromatic rings. The minimum atomic E-state index is -0.522. The van der Waals surface area contributed by atoms with Crippen molar-refractivity contribution in [3.8, 4) is 0 Å². The molecule has 0 spiro atoms. The van der Waals surface area contributed by atoms with Gasteiger partial charge in [0.2, 0.25) is 11.8 Å². The van der Waals surface area contributed by atoms with E-state index in [1.807, 2.05) is 43.3 Å². The van der Waals surface area contributed by atoms with E-state index in [9.17, 15) is 9.59 Å². The number of benzene rings is 2. The smallest absolute Gasteiger partial charge is 0.247 e. The summed E-state index contributed by atoms with van der Waals surface area (Å²) in [6.45, 7) is 2.47. The number of hydrogen-bond donors (Lipinski definition) is 1. The van der Waals surface area contributed by atoms with Gasteiger partial charge in [-0.3, -0.25) is 9.59 Å². The molecule has 2 aromatic carbocycles. The molecule has 1 aliphatic carbocycles. The summed E-state index contributed by atoms with van der Waals surface area (Å²) < 4.78 is 0. The zero-order valence-electron chi connectivity index (χ0n) is 14.4. The van der Waals surface area contributed by atoms with Gasteiger partial charge in [-0.2, -0.15) is 0 Å². The van der Waals surface area contributed by atoms with Crippen LogP contribution in [0.1, 0.15) is 35.2 Å². The lowest BCUT2D eigenvalue weighted by atomic mass is 9.91. The lowest BCUT2D eigenvalue weighted by Crippen LogP contribution is -2.49. The zero-order chi connectivity index (χ0) is 17.4. The Balaban J connectivity index is 1.57. The third-order valence-electron chi connectivity index (χ3n) is 5.31. The second kappa shape index (κ2) is 6.36. The van der Waals surface area contributed by atoms with Gasteiger partial charge in [-0.05, 0) is 42.0 Å². The number of rotatable bonds is 3. The van der Waals surface area contributed by atoms with Crippen LogP contribution in [-0.4, -0.2) is 29.3 Å². The Kier molecular flexibility index (Phi) is 4.04. The van der Waals surface area contributed by atoms with Gasteiger partial charge >= 0.3 is 0 Å². The fraction of sp³-hybridized carbons (Fsp3) is 0.333. The van der Waals surface area contributed by atoms with Gasteiger partial charge in [0, 0.05) is 12.6 Å². The maximum atomic E-state index is 13.1. The van der Waals surface area contributed by atoms with Crippen molar-refractivity contribution in [1.82, 2.24) is 10.2 Å². The van der Waals surface area contributed by atoms with E-state index >= 15 is 0 Å². The largest absolute Gasteiger partial charge is 0.351 e. The number of likely N-dealkylation sites (N-methyl/N-ethyl adjacent to an activating group) is 1. The van der Waals surface area contributed by atoms with Crippen LogP contribution in [0.25, 0.3) is 0 Å². The normalized spacial score (nSPS) is 19.5. The second-order valence-corrected chi connectivity index (χ2v) is 6.84. The molecule has 0 radical (unpaired) electrons. The van der Waals surface area contributed by atoms with Crippen LogP contribution in [0.5, 0.6) is 0 Å². The van der Waals surface area contributed by atoms with E-state index in [1.165, 1.54) is 11.1 Å². The average Bonchev–Trinajstić information content (AvgIpc) is 3.02. The number of nitrogens with zero attached hydrogens (tertiary/aromatic N) is 1. The molecular formula is C21H22N2O2. The Morgan fingerprint density at radius 1 is 1.04 bits per heavy atom. The molecule has 1 heterocycles. The molecule has 25 heavy (non-hydrogen) atoms. The van der Waals surface area contributed by atoms with Gasteiger partial charge in [0.05, 0.1) is 6.42 Å². The fourth-order valence-corrected chi connectivity index (χ4v) is 4.12. The lowest BCUT2D eigenvalue weighted by molar-refractivity contribution is -0.141. The number of nitrogens with one attached hydrogen (secondary N) is 1. The Hall–Kier alpha value is -2.62. The van der Waals surface area contributed by atoms with Crippen LogP contribution in [-0.2, 0) is 28.9 Å². The third kappa shape index (κ3) is 2.82. The van der Waals surface area contributed by atoms with Gasteiger partial charge in [-0.25, -0.2) is 0 Å². The quantitative estimate of drug-likeness (QED) is 0.937. The topological polar surface area (TPSA) is 49.4 Å². The van der Waals surface area contributed by atoms with E-state index in [0.29, 0.717) is 13.0 Å². The van der Waals surface area contributed by atoms with Crippen LogP contribution in [0.2, 0.25) is 0 Å². The first-order valence-electron chi connectivity index (χ1n) is 8.91. The maximum Gasteiger partial charge on any atom is 0.247 e. The van der Waals surface area contributed by atoms with Gasteiger partial charge in [0.1, 0.15) is 6.04 Å². The first-order chi connectivity index (χ1) is 12.2. The fourth-order valence-electron chi connectivity index (χ4n) is 4.12. The molecule has 0 saturated heterocycles. The number of hydrogen-bond acceptors (Lipinski definition) is 2. The highest BCUT2D eigenvalue weighted by molar-refractivity contribution is 5.92. The molecular weight excluding hydrogens is 312 g/mol. The molecule has 1 atom stereocenters. The molecule has 1 N–H and O–H groups in total. The molecule has 0 aromatic heterocycles. The monoisotopic (exact) mass is 334 g/mol.